The first-order chi connectivity index (χ1) is 16.0. The van der Waals surface area contributed by atoms with Gasteiger partial charge in [0.2, 0.25) is 0 Å². The first-order valence-electron chi connectivity index (χ1n) is 10.6. The van der Waals surface area contributed by atoms with Crippen molar-refractivity contribution in [2.45, 2.75) is 5.92 Å². The number of aromatic amines is 1. The van der Waals surface area contributed by atoms with Crippen LogP contribution in [0.4, 0.5) is 0 Å². The van der Waals surface area contributed by atoms with Crippen molar-refractivity contribution >= 4 is 39.2 Å². The van der Waals surface area contributed by atoms with Crippen LogP contribution in [0.5, 0.6) is 0 Å². The molecule has 0 aliphatic carbocycles. The summed E-state index contributed by atoms with van der Waals surface area (Å²) in [7, 11) is 1.55. The van der Waals surface area contributed by atoms with Gasteiger partial charge in [0, 0.05) is 47.0 Å². The highest BCUT2D eigenvalue weighted by atomic mass is 35.5. The summed E-state index contributed by atoms with van der Waals surface area (Å²) in [4.78, 5) is 29.0. The van der Waals surface area contributed by atoms with Crippen LogP contribution < -0.4 is 10.9 Å². The largest absolute Gasteiger partial charge is 0.361 e. The molecular formula is C26H21ClN4O2. The van der Waals surface area contributed by atoms with Crippen molar-refractivity contribution in [1.29, 1.82) is 0 Å². The Labute approximate surface area is 194 Å². The molecule has 3 aromatic carbocycles. The van der Waals surface area contributed by atoms with Gasteiger partial charge < -0.3 is 10.3 Å². The third-order valence-electron chi connectivity index (χ3n) is 5.92. The molecule has 5 rings (SSSR count). The van der Waals surface area contributed by atoms with Crippen LogP contribution in [0.3, 0.4) is 0 Å². The van der Waals surface area contributed by atoms with E-state index in [-0.39, 0.29) is 23.1 Å². The fourth-order valence-electron chi connectivity index (χ4n) is 4.27. The van der Waals surface area contributed by atoms with E-state index >= 15 is 0 Å². The van der Waals surface area contributed by atoms with Crippen molar-refractivity contribution in [3.63, 3.8) is 0 Å². The number of aromatic nitrogens is 3. The highest BCUT2D eigenvalue weighted by Gasteiger charge is 2.23. The number of halogens is 1. The first kappa shape index (κ1) is 21.0. The van der Waals surface area contributed by atoms with Crippen LogP contribution in [-0.2, 0) is 7.05 Å². The molecule has 0 bridgehead atoms. The van der Waals surface area contributed by atoms with Gasteiger partial charge in [-0.25, -0.2) is 4.68 Å². The lowest BCUT2D eigenvalue weighted by Crippen LogP contribution is -2.32. The van der Waals surface area contributed by atoms with E-state index < -0.39 is 0 Å². The van der Waals surface area contributed by atoms with Crippen LogP contribution in [0.25, 0.3) is 21.7 Å². The second kappa shape index (κ2) is 8.56. The number of nitrogens with zero attached hydrogens (tertiary/aromatic N) is 2. The molecule has 5 aromatic rings. The van der Waals surface area contributed by atoms with E-state index in [0.29, 0.717) is 22.3 Å². The van der Waals surface area contributed by atoms with E-state index in [1.54, 1.807) is 31.3 Å². The number of hydrogen-bond acceptors (Lipinski definition) is 3. The zero-order valence-electron chi connectivity index (χ0n) is 17.9. The zero-order valence-corrected chi connectivity index (χ0v) is 18.6. The number of para-hydroxylation sites is 1. The van der Waals surface area contributed by atoms with E-state index in [9.17, 15) is 9.59 Å². The second-order valence-electron chi connectivity index (χ2n) is 7.90. The fourth-order valence-corrected chi connectivity index (χ4v) is 4.54. The second-order valence-corrected chi connectivity index (χ2v) is 8.30. The number of benzene rings is 3. The molecule has 0 saturated heterocycles. The molecule has 1 unspecified atom stereocenters. The number of H-pyrrole nitrogens is 1. The lowest BCUT2D eigenvalue weighted by Gasteiger charge is -2.19. The average Bonchev–Trinajstić information content (AvgIpc) is 3.26. The maximum atomic E-state index is 13.2. The number of fused-ring (bicyclic) bond motifs is 2. The molecule has 6 nitrogen and oxygen atoms in total. The molecule has 0 spiro atoms. The maximum absolute atomic E-state index is 13.2. The summed E-state index contributed by atoms with van der Waals surface area (Å²) in [5.41, 5.74) is 2.95. The SMILES string of the molecule is Cn1nc(C(=O)NCC(c2ccccc2Cl)c2c[nH]c3ccccc23)c2ccccc2c1=O. The molecule has 2 aromatic heterocycles. The van der Waals surface area contributed by atoms with Gasteiger partial charge in [0.05, 0.1) is 5.39 Å². The number of aryl methyl sites for hydroxylation is 1. The molecule has 1 atom stereocenters. The predicted octanol–water partition coefficient (Wildman–Crippen LogP) is 4.63. The topological polar surface area (TPSA) is 79.8 Å². The molecule has 7 heteroatoms. The molecule has 0 fully saturated rings. The average molecular weight is 457 g/mol. The van der Waals surface area contributed by atoms with Crippen LogP contribution in [0.15, 0.2) is 83.8 Å². The minimum absolute atomic E-state index is 0.183. The third-order valence-corrected chi connectivity index (χ3v) is 6.26. The molecule has 33 heavy (non-hydrogen) atoms. The van der Waals surface area contributed by atoms with E-state index in [4.69, 9.17) is 11.6 Å². The van der Waals surface area contributed by atoms with Crippen molar-refractivity contribution in [3.8, 4) is 0 Å². The van der Waals surface area contributed by atoms with Crippen LogP contribution in [0.1, 0.15) is 27.5 Å². The summed E-state index contributed by atoms with van der Waals surface area (Å²) in [6.45, 7) is 0.309. The van der Waals surface area contributed by atoms with Crippen molar-refractivity contribution in [2.75, 3.05) is 6.54 Å². The number of hydrogen-bond donors (Lipinski definition) is 2. The van der Waals surface area contributed by atoms with Gasteiger partial charge in [-0.15, -0.1) is 0 Å². The van der Waals surface area contributed by atoms with Gasteiger partial charge in [-0.1, -0.05) is 66.2 Å². The summed E-state index contributed by atoms with van der Waals surface area (Å²) in [5, 5.41) is 9.96. The van der Waals surface area contributed by atoms with Gasteiger partial charge >= 0.3 is 0 Å². The Bertz CT molecular complexity index is 1550. The van der Waals surface area contributed by atoms with Gasteiger partial charge in [0.25, 0.3) is 11.5 Å². The number of rotatable bonds is 5. The summed E-state index contributed by atoms with van der Waals surface area (Å²) >= 11 is 6.56. The van der Waals surface area contributed by atoms with Gasteiger partial charge in [-0.2, -0.15) is 5.10 Å². The molecule has 2 heterocycles. The molecule has 0 radical (unpaired) electrons. The molecule has 1 amide bonds. The van der Waals surface area contributed by atoms with Crippen molar-refractivity contribution in [3.05, 3.63) is 111 Å². The third kappa shape index (κ3) is 3.79. The van der Waals surface area contributed by atoms with E-state index in [0.717, 1.165) is 22.0 Å². The predicted molar refractivity (Wildman–Crippen MR) is 131 cm³/mol. The number of carbonyl (C=O) groups is 1. The number of carbonyl (C=O) groups excluding carboxylic acids is 1. The summed E-state index contributed by atoms with van der Waals surface area (Å²) < 4.78 is 1.20. The highest BCUT2D eigenvalue weighted by Crippen LogP contribution is 2.34. The quantitative estimate of drug-likeness (QED) is 0.404. The number of amides is 1. The summed E-state index contributed by atoms with van der Waals surface area (Å²) in [6.07, 6.45) is 1.96. The lowest BCUT2D eigenvalue weighted by molar-refractivity contribution is 0.0947. The van der Waals surface area contributed by atoms with Crippen molar-refractivity contribution in [1.82, 2.24) is 20.1 Å². The minimum atomic E-state index is -0.348. The molecule has 0 saturated carbocycles. The van der Waals surface area contributed by atoms with Crippen LogP contribution in [0.2, 0.25) is 5.02 Å². The van der Waals surface area contributed by atoms with Crippen LogP contribution in [0, 0.1) is 0 Å². The Hall–Kier alpha value is -3.90. The normalized spacial score (nSPS) is 12.2. The smallest absolute Gasteiger partial charge is 0.274 e. The molecular weight excluding hydrogens is 436 g/mol. The Morgan fingerprint density at radius 1 is 0.970 bits per heavy atom. The standard InChI is InChI=1S/C26H21ClN4O2/c1-31-26(33)19-11-3-2-10-18(19)24(30-31)25(32)29-15-20(16-8-4-6-12-22(16)27)21-14-28-23-13-7-5-9-17(21)23/h2-14,20,28H,15H2,1H3,(H,29,32). The van der Waals surface area contributed by atoms with Gasteiger partial charge in [-0.05, 0) is 29.3 Å². The monoisotopic (exact) mass is 456 g/mol. The first-order valence-corrected chi connectivity index (χ1v) is 11.0. The van der Waals surface area contributed by atoms with Crippen LogP contribution >= 0.6 is 11.6 Å². The highest BCUT2D eigenvalue weighted by molar-refractivity contribution is 6.31. The maximum Gasteiger partial charge on any atom is 0.274 e. The van der Waals surface area contributed by atoms with Crippen molar-refractivity contribution < 1.29 is 4.79 Å². The lowest BCUT2D eigenvalue weighted by atomic mass is 9.90. The van der Waals surface area contributed by atoms with E-state index in [1.165, 1.54) is 4.68 Å². The molecule has 2 N–H and O–H groups in total. The Balaban J connectivity index is 1.53. The Morgan fingerprint density at radius 2 is 1.64 bits per heavy atom. The van der Waals surface area contributed by atoms with Crippen LogP contribution in [-0.4, -0.2) is 27.2 Å². The Morgan fingerprint density at radius 3 is 2.42 bits per heavy atom. The van der Waals surface area contributed by atoms with E-state index in [2.05, 4.69) is 21.5 Å². The van der Waals surface area contributed by atoms with Gasteiger partial charge in [0.15, 0.2) is 5.69 Å². The van der Waals surface area contributed by atoms with Gasteiger partial charge in [0.1, 0.15) is 0 Å². The molecule has 0 aliphatic rings. The molecule has 0 aliphatic heterocycles. The molecule has 164 valence electrons. The Kier molecular flexibility index (Phi) is 5.44. The summed E-state index contributed by atoms with van der Waals surface area (Å²) in [6, 6.07) is 22.7. The fraction of sp³-hybridized carbons (Fsp3) is 0.115. The zero-order chi connectivity index (χ0) is 22.9. The van der Waals surface area contributed by atoms with E-state index in [1.807, 2.05) is 48.7 Å². The number of nitrogens with one attached hydrogen (secondary N) is 2. The van der Waals surface area contributed by atoms with Crippen molar-refractivity contribution in [2.24, 2.45) is 7.05 Å². The van der Waals surface area contributed by atoms with Gasteiger partial charge in [-0.3, -0.25) is 9.59 Å². The minimum Gasteiger partial charge on any atom is -0.361 e. The summed E-state index contributed by atoms with van der Waals surface area (Å²) in [5.74, 6) is -0.531.